The second-order valence-electron chi connectivity index (χ2n) is 2.81. The van der Waals surface area contributed by atoms with E-state index in [2.05, 4.69) is 0 Å². The number of benzene rings is 1. The summed E-state index contributed by atoms with van der Waals surface area (Å²) in [5.74, 6) is -7.41. The molecule has 0 amide bonds. The summed E-state index contributed by atoms with van der Waals surface area (Å²) in [5, 5.41) is 0. The molecular formula is C8H5BF4O. The molecule has 0 saturated heterocycles. The molecular weight excluding hydrogens is 199 g/mol. The molecule has 0 heterocycles. The van der Waals surface area contributed by atoms with Crippen molar-refractivity contribution < 1.29 is 22.4 Å². The molecule has 0 unspecified atom stereocenters. The topological polar surface area (TPSA) is 17.1 Å². The standard InChI is InChI=1S/C8H5BF4O/c1-2(14)3-5(10)7(12)4(9)8(13)6(3)11/h9H2,1H3. The number of Topliss-reactive ketones (excluding diaryl/α,β-unsaturated/α-hetero) is 1. The van der Waals surface area contributed by atoms with Gasteiger partial charge in [0.1, 0.15) is 7.85 Å². The first kappa shape index (κ1) is 10.8. The summed E-state index contributed by atoms with van der Waals surface area (Å²) in [6.07, 6.45) is 0. The number of halogens is 4. The third kappa shape index (κ3) is 1.40. The van der Waals surface area contributed by atoms with Crippen LogP contribution >= 0.6 is 0 Å². The van der Waals surface area contributed by atoms with Crippen LogP contribution in [0.2, 0.25) is 0 Å². The third-order valence-corrected chi connectivity index (χ3v) is 1.83. The van der Waals surface area contributed by atoms with Gasteiger partial charge < -0.3 is 0 Å². The zero-order valence-electron chi connectivity index (χ0n) is 7.42. The maximum Gasteiger partial charge on any atom is 0.172 e. The minimum Gasteiger partial charge on any atom is -0.294 e. The van der Waals surface area contributed by atoms with Gasteiger partial charge in [0.15, 0.2) is 29.1 Å². The molecule has 14 heavy (non-hydrogen) atoms. The smallest absolute Gasteiger partial charge is 0.172 e. The monoisotopic (exact) mass is 204 g/mol. The number of hydrogen-bond donors (Lipinski definition) is 0. The van der Waals surface area contributed by atoms with Gasteiger partial charge in [0.2, 0.25) is 0 Å². The SMILES string of the molecule is Bc1c(F)c(F)c(C(C)=O)c(F)c1F. The van der Waals surface area contributed by atoms with Crippen molar-refractivity contribution in [3.63, 3.8) is 0 Å². The number of carbonyl (C=O) groups is 1. The van der Waals surface area contributed by atoms with Crippen LogP contribution in [-0.4, -0.2) is 13.6 Å². The highest BCUT2D eigenvalue weighted by molar-refractivity contribution is 6.32. The van der Waals surface area contributed by atoms with Crippen LogP contribution in [-0.2, 0) is 0 Å². The van der Waals surface area contributed by atoms with Crippen molar-refractivity contribution in [2.75, 3.05) is 0 Å². The highest BCUT2D eigenvalue weighted by Crippen LogP contribution is 2.17. The Kier molecular flexibility index (Phi) is 2.64. The summed E-state index contributed by atoms with van der Waals surface area (Å²) >= 11 is 0. The van der Waals surface area contributed by atoms with Gasteiger partial charge in [-0.25, -0.2) is 17.6 Å². The summed E-state index contributed by atoms with van der Waals surface area (Å²) < 4.78 is 51.6. The molecule has 0 saturated carbocycles. The predicted molar refractivity (Wildman–Crippen MR) is 44.5 cm³/mol. The molecule has 0 N–H and O–H groups in total. The van der Waals surface area contributed by atoms with Crippen molar-refractivity contribution in [2.45, 2.75) is 6.92 Å². The minimum atomic E-state index is -1.64. The van der Waals surface area contributed by atoms with Crippen LogP contribution in [0.4, 0.5) is 17.6 Å². The van der Waals surface area contributed by atoms with E-state index in [-0.39, 0.29) is 0 Å². The molecule has 0 aliphatic rings. The molecule has 0 radical (unpaired) electrons. The Hall–Kier alpha value is -1.33. The van der Waals surface area contributed by atoms with Crippen LogP contribution in [0.25, 0.3) is 0 Å². The Morgan fingerprint density at radius 3 is 1.64 bits per heavy atom. The van der Waals surface area contributed by atoms with E-state index in [0.717, 1.165) is 14.8 Å². The Morgan fingerprint density at radius 2 is 1.36 bits per heavy atom. The van der Waals surface area contributed by atoms with Gasteiger partial charge in [0.05, 0.1) is 5.56 Å². The van der Waals surface area contributed by atoms with E-state index in [1.807, 2.05) is 0 Å². The van der Waals surface area contributed by atoms with Gasteiger partial charge in [-0.3, -0.25) is 4.79 Å². The van der Waals surface area contributed by atoms with Crippen LogP contribution < -0.4 is 5.46 Å². The van der Waals surface area contributed by atoms with Gasteiger partial charge in [-0.2, -0.15) is 0 Å². The molecule has 0 aliphatic heterocycles. The van der Waals surface area contributed by atoms with E-state index in [1.165, 1.54) is 0 Å². The van der Waals surface area contributed by atoms with Crippen LogP contribution in [0, 0.1) is 23.3 Å². The Bertz CT molecular complexity index is 387. The lowest BCUT2D eigenvalue weighted by atomic mass is 9.92. The van der Waals surface area contributed by atoms with Gasteiger partial charge in [-0.1, -0.05) is 0 Å². The van der Waals surface area contributed by atoms with E-state index in [0.29, 0.717) is 0 Å². The lowest BCUT2D eigenvalue weighted by Crippen LogP contribution is -2.22. The van der Waals surface area contributed by atoms with E-state index in [4.69, 9.17) is 0 Å². The predicted octanol–water partition coefficient (Wildman–Crippen LogP) is 0.704. The van der Waals surface area contributed by atoms with Crippen LogP contribution in [0.1, 0.15) is 17.3 Å². The molecule has 1 aromatic carbocycles. The van der Waals surface area contributed by atoms with Gasteiger partial charge in [-0.15, -0.1) is 0 Å². The second kappa shape index (κ2) is 3.44. The maximum absolute atomic E-state index is 13.0. The van der Waals surface area contributed by atoms with Crippen molar-refractivity contribution in [1.82, 2.24) is 0 Å². The maximum atomic E-state index is 13.0. The second-order valence-corrected chi connectivity index (χ2v) is 2.81. The number of hydrogen-bond acceptors (Lipinski definition) is 1. The lowest BCUT2D eigenvalue weighted by Gasteiger charge is -2.06. The molecule has 1 nitrogen and oxygen atoms in total. The summed E-state index contributed by atoms with van der Waals surface area (Å²) in [6, 6.07) is 0. The first-order chi connectivity index (χ1) is 6.37. The van der Waals surface area contributed by atoms with Gasteiger partial charge in [0.25, 0.3) is 0 Å². The highest BCUT2D eigenvalue weighted by atomic mass is 19.2. The molecule has 6 heteroatoms. The summed E-state index contributed by atoms with van der Waals surface area (Å²) in [5.41, 5.74) is -1.95. The highest BCUT2D eigenvalue weighted by Gasteiger charge is 2.24. The van der Waals surface area contributed by atoms with Crippen molar-refractivity contribution in [2.24, 2.45) is 0 Å². The van der Waals surface area contributed by atoms with E-state index < -0.39 is 40.1 Å². The van der Waals surface area contributed by atoms with Gasteiger partial charge in [-0.05, 0) is 12.4 Å². The van der Waals surface area contributed by atoms with E-state index in [9.17, 15) is 22.4 Å². The fraction of sp³-hybridized carbons (Fsp3) is 0.125. The lowest BCUT2D eigenvalue weighted by molar-refractivity contribution is 0.100. The Labute approximate surface area is 78.1 Å². The first-order valence-electron chi connectivity index (χ1n) is 3.71. The van der Waals surface area contributed by atoms with Gasteiger partial charge >= 0.3 is 0 Å². The van der Waals surface area contributed by atoms with Crippen LogP contribution in [0.5, 0.6) is 0 Å². The molecule has 0 aromatic heterocycles. The summed E-state index contributed by atoms with van der Waals surface area (Å²) in [4.78, 5) is 10.7. The summed E-state index contributed by atoms with van der Waals surface area (Å²) in [7, 11) is 0.890. The average Bonchev–Trinajstić information content (AvgIpc) is 2.11. The normalized spacial score (nSPS) is 10.4. The fourth-order valence-corrected chi connectivity index (χ4v) is 1.05. The molecule has 0 aliphatic carbocycles. The third-order valence-electron chi connectivity index (χ3n) is 1.83. The minimum absolute atomic E-state index is 0.773. The van der Waals surface area contributed by atoms with E-state index >= 15 is 0 Å². The number of ketones is 1. The summed E-state index contributed by atoms with van der Waals surface area (Å²) in [6.45, 7) is 0.829. The molecule has 0 fully saturated rings. The van der Waals surface area contributed by atoms with Crippen molar-refractivity contribution in [3.8, 4) is 0 Å². The molecule has 1 rings (SSSR count). The molecule has 74 valence electrons. The molecule has 0 bridgehead atoms. The zero-order valence-corrected chi connectivity index (χ0v) is 7.42. The van der Waals surface area contributed by atoms with Crippen molar-refractivity contribution in [1.29, 1.82) is 0 Å². The Balaban J connectivity index is 3.68. The molecule has 1 aromatic rings. The van der Waals surface area contributed by atoms with E-state index in [1.54, 1.807) is 0 Å². The Morgan fingerprint density at radius 1 is 1.00 bits per heavy atom. The largest absolute Gasteiger partial charge is 0.294 e. The molecule has 0 spiro atoms. The van der Waals surface area contributed by atoms with Crippen LogP contribution in [0.3, 0.4) is 0 Å². The number of rotatable bonds is 1. The fourth-order valence-electron chi connectivity index (χ4n) is 1.05. The first-order valence-corrected chi connectivity index (χ1v) is 3.71. The number of carbonyl (C=O) groups excluding carboxylic acids is 1. The van der Waals surface area contributed by atoms with Crippen molar-refractivity contribution in [3.05, 3.63) is 28.8 Å². The van der Waals surface area contributed by atoms with Gasteiger partial charge in [0, 0.05) is 0 Å². The quantitative estimate of drug-likeness (QED) is 0.285. The molecule has 0 atom stereocenters. The van der Waals surface area contributed by atoms with Crippen LogP contribution in [0.15, 0.2) is 0 Å². The zero-order chi connectivity index (χ0) is 11.0. The van der Waals surface area contributed by atoms with Crippen molar-refractivity contribution >= 4 is 19.1 Å². The average molecular weight is 204 g/mol.